The Morgan fingerprint density at radius 1 is 1.27 bits per heavy atom. The number of rotatable bonds is 6. The second kappa shape index (κ2) is 7.40. The van der Waals surface area contributed by atoms with Crippen LogP contribution in [-0.2, 0) is 16.1 Å². The SMILES string of the molecule is COC(=O)CCN(Cc1ccco1)C(=O)c1cccc(F)c1. The maximum absolute atomic E-state index is 13.3. The highest BCUT2D eigenvalue weighted by Gasteiger charge is 2.19. The van der Waals surface area contributed by atoms with Crippen LogP contribution in [-0.4, -0.2) is 30.4 Å². The summed E-state index contributed by atoms with van der Waals surface area (Å²) >= 11 is 0. The smallest absolute Gasteiger partial charge is 0.307 e. The molecule has 0 spiro atoms. The number of carbonyl (C=O) groups excluding carboxylic acids is 2. The van der Waals surface area contributed by atoms with Crippen molar-refractivity contribution in [3.05, 3.63) is 59.8 Å². The van der Waals surface area contributed by atoms with Crippen molar-refractivity contribution in [2.24, 2.45) is 0 Å². The molecular weight excluding hydrogens is 289 g/mol. The van der Waals surface area contributed by atoms with Crippen molar-refractivity contribution in [3.63, 3.8) is 0 Å². The summed E-state index contributed by atoms with van der Waals surface area (Å²) in [6.07, 6.45) is 1.55. The Balaban J connectivity index is 2.15. The van der Waals surface area contributed by atoms with Gasteiger partial charge >= 0.3 is 5.97 Å². The first-order chi connectivity index (χ1) is 10.6. The Morgan fingerprint density at radius 2 is 2.09 bits per heavy atom. The van der Waals surface area contributed by atoms with Crippen LogP contribution in [0.4, 0.5) is 4.39 Å². The third-order valence-corrected chi connectivity index (χ3v) is 3.10. The maximum Gasteiger partial charge on any atom is 0.307 e. The minimum atomic E-state index is -0.489. The van der Waals surface area contributed by atoms with E-state index in [2.05, 4.69) is 4.74 Å². The summed E-state index contributed by atoms with van der Waals surface area (Å²) in [6, 6.07) is 8.86. The van der Waals surface area contributed by atoms with Gasteiger partial charge in [-0.05, 0) is 30.3 Å². The zero-order valence-corrected chi connectivity index (χ0v) is 12.1. The second-order valence-electron chi connectivity index (χ2n) is 4.64. The molecule has 0 bridgehead atoms. The van der Waals surface area contributed by atoms with Gasteiger partial charge < -0.3 is 14.1 Å². The van der Waals surface area contributed by atoms with Crippen molar-refractivity contribution in [1.82, 2.24) is 4.90 Å². The van der Waals surface area contributed by atoms with Gasteiger partial charge in [0.1, 0.15) is 11.6 Å². The van der Waals surface area contributed by atoms with E-state index in [4.69, 9.17) is 4.42 Å². The van der Waals surface area contributed by atoms with Crippen LogP contribution in [0.15, 0.2) is 47.1 Å². The number of carbonyl (C=O) groups is 2. The number of halogens is 1. The minimum Gasteiger partial charge on any atom is -0.469 e. The van der Waals surface area contributed by atoms with E-state index in [9.17, 15) is 14.0 Å². The van der Waals surface area contributed by atoms with Gasteiger partial charge in [0.15, 0.2) is 0 Å². The van der Waals surface area contributed by atoms with Crippen molar-refractivity contribution in [2.45, 2.75) is 13.0 Å². The number of nitrogens with zero attached hydrogens (tertiary/aromatic N) is 1. The Labute approximate surface area is 127 Å². The van der Waals surface area contributed by atoms with Crippen LogP contribution in [0.25, 0.3) is 0 Å². The lowest BCUT2D eigenvalue weighted by atomic mass is 10.2. The first kappa shape index (κ1) is 15.8. The zero-order chi connectivity index (χ0) is 15.9. The second-order valence-corrected chi connectivity index (χ2v) is 4.64. The summed E-state index contributed by atoms with van der Waals surface area (Å²) in [5.41, 5.74) is 0.219. The van der Waals surface area contributed by atoms with Gasteiger partial charge in [-0.3, -0.25) is 9.59 Å². The predicted molar refractivity (Wildman–Crippen MR) is 76.5 cm³/mol. The summed E-state index contributed by atoms with van der Waals surface area (Å²) in [5, 5.41) is 0. The van der Waals surface area contributed by atoms with Crippen molar-refractivity contribution in [1.29, 1.82) is 0 Å². The van der Waals surface area contributed by atoms with Gasteiger partial charge in [0, 0.05) is 12.1 Å². The van der Waals surface area contributed by atoms with Gasteiger partial charge in [0.2, 0.25) is 0 Å². The Hall–Kier alpha value is -2.63. The molecule has 2 aromatic rings. The largest absolute Gasteiger partial charge is 0.469 e. The molecule has 6 heteroatoms. The van der Waals surface area contributed by atoms with E-state index in [1.54, 1.807) is 12.1 Å². The van der Waals surface area contributed by atoms with Crippen LogP contribution in [0.1, 0.15) is 22.5 Å². The van der Waals surface area contributed by atoms with Gasteiger partial charge in [-0.1, -0.05) is 6.07 Å². The summed E-state index contributed by atoms with van der Waals surface area (Å²) in [7, 11) is 1.29. The Morgan fingerprint density at radius 3 is 2.73 bits per heavy atom. The quantitative estimate of drug-likeness (QED) is 0.770. The zero-order valence-electron chi connectivity index (χ0n) is 12.1. The monoisotopic (exact) mass is 305 g/mol. The molecule has 22 heavy (non-hydrogen) atoms. The average molecular weight is 305 g/mol. The molecule has 0 aliphatic rings. The van der Waals surface area contributed by atoms with Gasteiger partial charge in [-0.15, -0.1) is 0 Å². The van der Waals surface area contributed by atoms with Crippen molar-refractivity contribution in [2.75, 3.05) is 13.7 Å². The molecule has 5 nitrogen and oxygen atoms in total. The number of furan rings is 1. The van der Waals surface area contributed by atoms with E-state index in [0.29, 0.717) is 5.76 Å². The number of benzene rings is 1. The molecule has 0 unspecified atom stereocenters. The summed E-state index contributed by atoms with van der Waals surface area (Å²) in [4.78, 5) is 25.2. The number of methoxy groups -OCH3 is 1. The minimum absolute atomic E-state index is 0.0538. The molecule has 0 atom stereocenters. The molecule has 0 fully saturated rings. The molecule has 0 saturated carbocycles. The molecule has 1 aromatic carbocycles. The number of amides is 1. The van der Waals surface area contributed by atoms with E-state index in [0.717, 1.165) is 6.07 Å². The van der Waals surface area contributed by atoms with Crippen molar-refractivity contribution < 1.29 is 23.1 Å². The Kier molecular flexibility index (Phi) is 5.30. The fraction of sp³-hybridized carbons (Fsp3) is 0.250. The van der Waals surface area contributed by atoms with Crippen LogP contribution in [0.5, 0.6) is 0 Å². The van der Waals surface area contributed by atoms with Crippen LogP contribution >= 0.6 is 0 Å². The van der Waals surface area contributed by atoms with Gasteiger partial charge in [-0.25, -0.2) is 4.39 Å². The van der Waals surface area contributed by atoms with Crippen LogP contribution in [0, 0.1) is 5.82 Å². The highest BCUT2D eigenvalue weighted by atomic mass is 19.1. The van der Waals surface area contributed by atoms with E-state index in [-0.39, 0.29) is 31.0 Å². The van der Waals surface area contributed by atoms with E-state index >= 15 is 0 Å². The predicted octanol–water partition coefficient (Wildman–Crippen LogP) is 2.62. The molecule has 1 aromatic heterocycles. The van der Waals surface area contributed by atoms with E-state index < -0.39 is 11.8 Å². The van der Waals surface area contributed by atoms with Gasteiger partial charge in [0.25, 0.3) is 5.91 Å². The molecule has 1 heterocycles. The standard InChI is InChI=1S/C16H16FNO4/c1-21-15(19)7-8-18(11-14-6-3-9-22-14)16(20)12-4-2-5-13(17)10-12/h2-6,9-10H,7-8,11H2,1H3. The molecular formula is C16H16FNO4. The fourth-order valence-corrected chi connectivity index (χ4v) is 1.98. The Bertz CT molecular complexity index is 639. The first-order valence-electron chi connectivity index (χ1n) is 6.74. The molecule has 0 aliphatic carbocycles. The maximum atomic E-state index is 13.3. The number of hydrogen-bond donors (Lipinski definition) is 0. The molecule has 0 saturated heterocycles. The lowest BCUT2D eigenvalue weighted by Crippen LogP contribution is -2.32. The lowest BCUT2D eigenvalue weighted by molar-refractivity contribution is -0.140. The molecule has 0 N–H and O–H groups in total. The van der Waals surface area contributed by atoms with Crippen LogP contribution in [0.2, 0.25) is 0 Å². The summed E-state index contributed by atoms with van der Waals surface area (Å²) < 4.78 is 23.1. The third-order valence-electron chi connectivity index (χ3n) is 3.10. The number of hydrogen-bond acceptors (Lipinski definition) is 4. The molecule has 1 amide bonds. The first-order valence-corrected chi connectivity index (χ1v) is 6.74. The molecule has 2 rings (SSSR count). The summed E-state index contributed by atoms with van der Waals surface area (Å²) in [5.74, 6) is -0.706. The number of esters is 1. The van der Waals surface area contributed by atoms with Gasteiger partial charge in [0.05, 0.1) is 26.3 Å². The van der Waals surface area contributed by atoms with Crippen molar-refractivity contribution in [3.8, 4) is 0 Å². The topological polar surface area (TPSA) is 59.8 Å². The average Bonchev–Trinajstić information content (AvgIpc) is 3.03. The molecule has 0 aliphatic heterocycles. The number of ether oxygens (including phenoxy) is 1. The third kappa shape index (κ3) is 4.18. The normalized spacial score (nSPS) is 10.3. The van der Waals surface area contributed by atoms with Crippen LogP contribution in [0.3, 0.4) is 0 Å². The van der Waals surface area contributed by atoms with Crippen molar-refractivity contribution >= 4 is 11.9 Å². The lowest BCUT2D eigenvalue weighted by Gasteiger charge is -2.21. The molecule has 116 valence electrons. The highest BCUT2D eigenvalue weighted by molar-refractivity contribution is 5.94. The van der Waals surface area contributed by atoms with Gasteiger partial charge in [-0.2, -0.15) is 0 Å². The molecule has 0 radical (unpaired) electrons. The fourth-order valence-electron chi connectivity index (χ4n) is 1.98. The van der Waals surface area contributed by atoms with E-state index in [1.807, 2.05) is 0 Å². The van der Waals surface area contributed by atoms with E-state index in [1.165, 1.54) is 36.5 Å². The highest BCUT2D eigenvalue weighted by Crippen LogP contribution is 2.12. The summed E-state index contributed by atoms with van der Waals surface area (Å²) in [6.45, 7) is 0.349. The van der Waals surface area contributed by atoms with Crippen LogP contribution < -0.4 is 0 Å².